The lowest BCUT2D eigenvalue weighted by Gasteiger charge is -2.07. The highest BCUT2D eigenvalue weighted by atomic mass is 32.2. The predicted molar refractivity (Wildman–Crippen MR) is 76.1 cm³/mol. The number of carbonyl (C=O) groups excluding carboxylic acids is 1. The number of hydrogen-bond acceptors (Lipinski definition) is 5. The zero-order chi connectivity index (χ0) is 13.0. The maximum absolute atomic E-state index is 10.4. The fraction of sp³-hybridized carbons (Fsp3) is 0.667. The Kier molecular flexibility index (Phi) is 5.26. The molecule has 0 spiro atoms. The molecule has 6 heteroatoms. The van der Waals surface area contributed by atoms with Crippen molar-refractivity contribution in [2.45, 2.75) is 36.8 Å². The Morgan fingerprint density at radius 2 is 2.06 bits per heavy atom. The van der Waals surface area contributed by atoms with Crippen molar-refractivity contribution in [2.75, 3.05) is 18.8 Å². The first-order valence-electron chi connectivity index (χ1n) is 6.18. The molecule has 0 radical (unpaired) electrons. The maximum Gasteiger partial charge on any atom is 0.315 e. The molecule has 0 atom stereocenters. The van der Waals surface area contributed by atoms with Gasteiger partial charge >= 0.3 is 3.98 Å². The Hall–Kier alpha value is -0.330. The van der Waals surface area contributed by atoms with Crippen molar-refractivity contribution >= 4 is 40.4 Å². The number of carboxylic acid groups (broad SMARTS) is 1. The molecule has 0 N–H and O–H groups in total. The van der Waals surface area contributed by atoms with Gasteiger partial charge in [-0.25, -0.2) is 4.58 Å². The molecule has 0 amide bonds. The lowest BCUT2D eigenvalue weighted by atomic mass is 10.2. The quantitative estimate of drug-likeness (QED) is 0.622. The van der Waals surface area contributed by atoms with Crippen molar-refractivity contribution in [1.29, 1.82) is 0 Å². The zero-order valence-corrected chi connectivity index (χ0v) is 12.9. The van der Waals surface area contributed by atoms with Gasteiger partial charge in [0.1, 0.15) is 13.1 Å². The molecule has 3 nitrogen and oxygen atoms in total. The molecular formula is C12H17NO2S3. The van der Waals surface area contributed by atoms with Gasteiger partial charge in [0.2, 0.25) is 0 Å². The number of carbonyl (C=O) groups is 1. The SMILES string of the molecule is Cc1sc(=[N+]2CCCCC2)sc1SCCC(=O)[O-]. The molecule has 2 rings (SSSR count). The second kappa shape index (κ2) is 6.73. The molecule has 0 bridgehead atoms. The smallest absolute Gasteiger partial charge is 0.315 e. The van der Waals surface area contributed by atoms with E-state index in [4.69, 9.17) is 0 Å². The van der Waals surface area contributed by atoms with Crippen LogP contribution in [0.4, 0.5) is 0 Å². The molecule has 0 unspecified atom stereocenters. The van der Waals surface area contributed by atoms with Gasteiger partial charge in [-0.1, -0.05) is 22.7 Å². The van der Waals surface area contributed by atoms with Crippen molar-refractivity contribution in [3.05, 3.63) is 8.86 Å². The average Bonchev–Trinajstić information content (AvgIpc) is 2.72. The molecule has 18 heavy (non-hydrogen) atoms. The number of rotatable bonds is 4. The lowest BCUT2D eigenvalue weighted by molar-refractivity contribution is -0.305. The van der Waals surface area contributed by atoms with Crippen molar-refractivity contribution in [3.8, 4) is 0 Å². The van der Waals surface area contributed by atoms with Gasteiger partial charge in [0, 0.05) is 29.4 Å². The highest BCUT2D eigenvalue weighted by Crippen LogP contribution is 2.28. The highest BCUT2D eigenvalue weighted by molar-refractivity contribution is 8.01. The Morgan fingerprint density at radius 1 is 1.33 bits per heavy atom. The third-order valence-electron chi connectivity index (χ3n) is 2.86. The summed E-state index contributed by atoms with van der Waals surface area (Å²) in [7, 11) is 0. The van der Waals surface area contributed by atoms with Gasteiger partial charge in [0.05, 0.1) is 4.21 Å². The molecule has 1 saturated heterocycles. The summed E-state index contributed by atoms with van der Waals surface area (Å²) in [5.74, 6) is -0.354. The van der Waals surface area contributed by atoms with E-state index in [-0.39, 0.29) is 6.42 Å². The molecule has 2 heterocycles. The lowest BCUT2D eigenvalue weighted by Crippen LogP contribution is -2.31. The van der Waals surface area contributed by atoms with Gasteiger partial charge in [-0.05, 0) is 19.8 Å². The summed E-state index contributed by atoms with van der Waals surface area (Å²) >= 11 is 5.29. The monoisotopic (exact) mass is 303 g/mol. The molecule has 0 aromatic carbocycles. The Morgan fingerprint density at radius 3 is 2.72 bits per heavy atom. The molecule has 1 aliphatic heterocycles. The first kappa shape index (κ1) is 14.1. The van der Waals surface area contributed by atoms with Gasteiger partial charge in [-0.3, -0.25) is 0 Å². The summed E-state index contributed by atoms with van der Waals surface area (Å²) in [5.41, 5.74) is 0. The van der Waals surface area contributed by atoms with Crippen LogP contribution < -0.4 is 13.7 Å². The molecule has 1 aromatic rings. The van der Waals surface area contributed by atoms with E-state index in [0.29, 0.717) is 5.75 Å². The summed E-state index contributed by atoms with van der Waals surface area (Å²) in [4.78, 5) is 11.7. The minimum Gasteiger partial charge on any atom is -0.550 e. The standard InChI is InChI=1S/C12H17NO2S3/c1-9-11(16-8-5-10(14)15)18-12(17-9)13-6-3-2-4-7-13/h2-8H2,1H3. The van der Waals surface area contributed by atoms with Crippen LogP contribution in [0.1, 0.15) is 30.6 Å². The Labute approximate surface area is 119 Å². The normalized spacial score (nSPS) is 15.9. The second-order valence-corrected chi connectivity index (χ2v) is 8.16. The summed E-state index contributed by atoms with van der Waals surface area (Å²) in [6.07, 6.45) is 4.05. The van der Waals surface area contributed by atoms with Crippen molar-refractivity contribution in [3.63, 3.8) is 0 Å². The molecule has 1 fully saturated rings. The van der Waals surface area contributed by atoms with E-state index in [0.717, 1.165) is 0 Å². The molecule has 1 aliphatic rings. The van der Waals surface area contributed by atoms with Crippen LogP contribution in [0.5, 0.6) is 0 Å². The minimum absolute atomic E-state index is 0.131. The van der Waals surface area contributed by atoms with E-state index in [1.807, 2.05) is 22.7 Å². The molecule has 100 valence electrons. The van der Waals surface area contributed by atoms with Crippen LogP contribution in [0.25, 0.3) is 0 Å². The molecular weight excluding hydrogens is 286 g/mol. The number of hydrogen-bond donors (Lipinski definition) is 0. The van der Waals surface area contributed by atoms with Crippen LogP contribution in [0.2, 0.25) is 0 Å². The topological polar surface area (TPSA) is 43.1 Å². The number of nitrogens with zero attached hydrogens (tertiary/aromatic N) is 1. The van der Waals surface area contributed by atoms with E-state index in [2.05, 4.69) is 11.5 Å². The van der Waals surface area contributed by atoms with E-state index >= 15 is 0 Å². The van der Waals surface area contributed by atoms with Crippen LogP contribution >= 0.6 is 34.4 Å². The number of aryl methyl sites for hydroxylation is 1. The minimum atomic E-state index is -0.961. The Bertz CT molecular complexity index is 482. The van der Waals surface area contributed by atoms with Gasteiger partial charge in [-0.2, -0.15) is 0 Å². The first-order valence-corrected chi connectivity index (χ1v) is 8.80. The maximum atomic E-state index is 10.4. The second-order valence-electron chi connectivity index (χ2n) is 4.33. The zero-order valence-electron chi connectivity index (χ0n) is 10.4. The van der Waals surface area contributed by atoms with Crippen LogP contribution in [0.15, 0.2) is 4.21 Å². The van der Waals surface area contributed by atoms with Crippen LogP contribution in [-0.4, -0.2) is 24.8 Å². The van der Waals surface area contributed by atoms with E-state index in [1.54, 1.807) is 11.8 Å². The fourth-order valence-electron chi connectivity index (χ4n) is 1.91. The number of thioether (sulfide) groups is 1. The predicted octanol–water partition coefficient (Wildman–Crippen LogP) is 1.31. The van der Waals surface area contributed by atoms with Crippen LogP contribution in [0.3, 0.4) is 0 Å². The first-order chi connectivity index (χ1) is 8.66. The van der Waals surface area contributed by atoms with Gasteiger partial charge in [0.25, 0.3) is 0 Å². The van der Waals surface area contributed by atoms with Gasteiger partial charge < -0.3 is 9.90 Å². The highest BCUT2D eigenvalue weighted by Gasteiger charge is 2.15. The third-order valence-corrected chi connectivity index (χ3v) is 7.07. The summed E-state index contributed by atoms with van der Waals surface area (Å²) < 4.78 is 5.11. The van der Waals surface area contributed by atoms with Crippen LogP contribution in [-0.2, 0) is 4.79 Å². The Balaban J connectivity index is 2.08. The summed E-state index contributed by atoms with van der Waals surface area (Å²) in [6.45, 7) is 4.45. The molecule has 0 saturated carbocycles. The largest absolute Gasteiger partial charge is 0.550 e. The van der Waals surface area contributed by atoms with Crippen molar-refractivity contribution < 1.29 is 9.90 Å². The van der Waals surface area contributed by atoms with E-state index < -0.39 is 5.97 Å². The molecule has 1 aromatic heterocycles. The fourth-order valence-corrected chi connectivity index (χ4v) is 6.06. The van der Waals surface area contributed by atoms with Crippen LogP contribution in [0, 0.1) is 6.92 Å². The van der Waals surface area contributed by atoms with E-state index in [1.165, 1.54) is 45.4 Å². The summed E-state index contributed by atoms with van der Waals surface area (Å²) in [5, 5.41) is 10.4. The number of aliphatic carboxylic acids is 1. The number of carboxylic acids is 1. The number of piperidine rings is 1. The van der Waals surface area contributed by atoms with Crippen molar-refractivity contribution in [2.24, 2.45) is 0 Å². The van der Waals surface area contributed by atoms with Gasteiger partial charge in [0.15, 0.2) is 0 Å². The van der Waals surface area contributed by atoms with Gasteiger partial charge in [-0.15, -0.1) is 11.8 Å². The van der Waals surface area contributed by atoms with E-state index in [9.17, 15) is 9.90 Å². The molecule has 0 aliphatic carbocycles. The average molecular weight is 303 g/mol. The third kappa shape index (κ3) is 3.83. The summed E-state index contributed by atoms with van der Waals surface area (Å²) in [6, 6.07) is 0. The van der Waals surface area contributed by atoms with Crippen molar-refractivity contribution in [1.82, 2.24) is 4.58 Å².